The van der Waals surface area contributed by atoms with Gasteiger partial charge in [0.2, 0.25) is 5.13 Å². The van der Waals surface area contributed by atoms with Gasteiger partial charge in [-0.3, -0.25) is 0 Å². The van der Waals surface area contributed by atoms with Crippen LogP contribution >= 0.6 is 23.1 Å². The number of anilines is 1. The smallest absolute Gasteiger partial charge is 0.202 e. The molecule has 0 bridgehead atoms. The summed E-state index contributed by atoms with van der Waals surface area (Å²) in [5, 5.41) is 4.09. The highest BCUT2D eigenvalue weighted by Crippen LogP contribution is 2.22. The highest BCUT2D eigenvalue weighted by molar-refractivity contribution is 7.09. The van der Waals surface area contributed by atoms with Gasteiger partial charge in [-0.1, -0.05) is 20.8 Å². The van der Waals surface area contributed by atoms with Crippen LogP contribution in [0.15, 0.2) is 0 Å². The van der Waals surface area contributed by atoms with Crippen molar-refractivity contribution in [2.24, 2.45) is 0 Å². The Morgan fingerprint density at radius 3 is 2.64 bits per heavy atom. The molecule has 0 fully saturated rings. The highest BCUT2D eigenvalue weighted by atomic mass is 35.5. The lowest BCUT2D eigenvalue weighted by molar-refractivity contribution is 0.555. The van der Waals surface area contributed by atoms with Gasteiger partial charge in [-0.15, -0.1) is 11.6 Å². The van der Waals surface area contributed by atoms with Crippen LogP contribution in [0.25, 0.3) is 0 Å². The Morgan fingerprint density at radius 1 is 1.43 bits per heavy atom. The third-order valence-electron chi connectivity index (χ3n) is 1.68. The van der Waals surface area contributed by atoms with Crippen molar-refractivity contribution in [3.8, 4) is 0 Å². The van der Waals surface area contributed by atoms with Gasteiger partial charge in [-0.05, 0) is 6.42 Å². The fraction of sp³-hybridized carbons (Fsp3) is 0.778. The zero-order valence-electron chi connectivity index (χ0n) is 8.80. The van der Waals surface area contributed by atoms with Crippen molar-refractivity contribution in [2.45, 2.75) is 32.6 Å². The maximum Gasteiger partial charge on any atom is 0.202 e. The largest absolute Gasteiger partial charge is 0.360 e. The number of hydrogen-bond acceptors (Lipinski definition) is 4. The molecule has 0 aliphatic carbocycles. The van der Waals surface area contributed by atoms with Gasteiger partial charge >= 0.3 is 0 Å². The molecule has 0 saturated heterocycles. The summed E-state index contributed by atoms with van der Waals surface area (Å²) in [7, 11) is 0. The Bertz CT molecular complexity index is 280. The molecule has 1 rings (SSSR count). The SMILES string of the molecule is CC(C)(C)c1nsc(NCCCCl)n1. The number of halogens is 1. The summed E-state index contributed by atoms with van der Waals surface area (Å²) in [5.41, 5.74) is 0.0307. The van der Waals surface area contributed by atoms with E-state index in [-0.39, 0.29) is 5.41 Å². The van der Waals surface area contributed by atoms with Crippen LogP contribution in [-0.4, -0.2) is 21.8 Å². The molecule has 0 aromatic carbocycles. The van der Waals surface area contributed by atoms with Gasteiger partial charge in [-0.25, -0.2) is 4.98 Å². The summed E-state index contributed by atoms with van der Waals surface area (Å²) in [6.07, 6.45) is 0.950. The average Bonchev–Trinajstić information content (AvgIpc) is 2.52. The standard InChI is InChI=1S/C9H16ClN3S/c1-9(2,3)7-12-8(14-13-7)11-6-4-5-10/h4-6H2,1-3H3,(H,11,12,13). The number of nitrogens with zero attached hydrogens (tertiary/aromatic N) is 2. The minimum Gasteiger partial charge on any atom is -0.360 e. The van der Waals surface area contributed by atoms with Gasteiger partial charge in [0.05, 0.1) is 0 Å². The van der Waals surface area contributed by atoms with Crippen molar-refractivity contribution in [3.63, 3.8) is 0 Å². The van der Waals surface area contributed by atoms with Crippen LogP contribution in [-0.2, 0) is 5.41 Å². The summed E-state index contributed by atoms with van der Waals surface area (Å²) in [4.78, 5) is 4.41. The second-order valence-corrected chi connectivity index (χ2v) is 5.27. The van der Waals surface area contributed by atoms with Crippen molar-refractivity contribution in [2.75, 3.05) is 17.7 Å². The van der Waals surface area contributed by atoms with Gasteiger partial charge in [0.1, 0.15) is 5.82 Å². The predicted octanol–water partition coefficient (Wildman–Crippen LogP) is 2.88. The average molecular weight is 234 g/mol. The number of rotatable bonds is 4. The van der Waals surface area contributed by atoms with Crippen LogP contribution < -0.4 is 5.32 Å². The molecule has 80 valence electrons. The molecule has 1 aromatic rings. The third-order valence-corrected chi connectivity index (χ3v) is 2.62. The second-order valence-electron chi connectivity index (χ2n) is 4.14. The van der Waals surface area contributed by atoms with E-state index in [2.05, 4.69) is 35.4 Å². The minimum atomic E-state index is 0.0307. The molecule has 5 heteroatoms. The van der Waals surface area contributed by atoms with Crippen molar-refractivity contribution in [1.29, 1.82) is 0 Å². The third kappa shape index (κ3) is 3.42. The zero-order chi connectivity index (χ0) is 10.6. The van der Waals surface area contributed by atoms with Crippen LogP contribution in [0.4, 0.5) is 5.13 Å². The van der Waals surface area contributed by atoms with Gasteiger partial charge in [0, 0.05) is 29.4 Å². The molecule has 0 amide bonds. The molecular formula is C9H16ClN3S. The minimum absolute atomic E-state index is 0.0307. The Hall–Kier alpha value is -0.350. The van der Waals surface area contributed by atoms with E-state index in [4.69, 9.17) is 11.6 Å². The van der Waals surface area contributed by atoms with Crippen LogP contribution in [0.3, 0.4) is 0 Å². The number of alkyl halides is 1. The second kappa shape index (κ2) is 4.94. The topological polar surface area (TPSA) is 37.8 Å². The molecule has 1 aromatic heterocycles. The normalized spacial score (nSPS) is 11.7. The first-order valence-electron chi connectivity index (χ1n) is 4.68. The highest BCUT2D eigenvalue weighted by Gasteiger charge is 2.19. The number of aromatic nitrogens is 2. The molecule has 0 aliphatic heterocycles. The van der Waals surface area contributed by atoms with E-state index in [9.17, 15) is 0 Å². The molecule has 14 heavy (non-hydrogen) atoms. The van der Waals surface area contributed by atoms with Gasteiger partial charge < -0.3 is 5.32 Å². The Labute approximate surface area is 94.1 Å². The number of hydrogen-bond donors (Lipinski definition) is 1. The quantitative estimate of drug-likeness (QED) is 0.642. The monoisotopic (exact) mass is 233 g/mol. The van der Waals surface area contributed by atoms with E-state index in [1.807, 2.05) is 0 Å². The molecule has 0 spiro atoms. The van der Waals surface area contributed by atoms with E-state index in [0.29, 0.717) is 5.88 Å². The first-order valence-corrected chi connectivity index (χ1v) is 5.99. The number of nitrogens with one attached hydrogen (secondary N) is 1. The van der Waals surface area contributed by atoms with Crippen molar-refractivity contribution >= 4 is 28.3 Å². The summed E-state index contributed by atoms with van der Waals surface area (Å²) in [6, 6.07) is 0. The van der Waals surface area contributed by atoms with Crippen LogP contribution in [0.1, 0.15) is 33.0 Å². The van der Waals surface area contributed by atoms with E-state index in [1.165, 1.54) is 11.5 Å². The van der Waals surface area contributed by atoms with Crippen molar-refractivity contribution in [1.82, 2.24) is 9.36 Å². The molecule has 3 nitrogen and oxygen atoms in total. The molecule has 1 N–H and O–H groups in total. The first-order chi connectivity index (χ1) is 6.54. The molecule has 0 atom stereocenters. The summed E-state index contributed by atoms with van der Waals surface area (Å²) >= 11 is 6.98. The zero-order valence-corrected chi connectivity index (χ0v) is 10.4. The van der Waals surface area contributed by atoms with Crippen LogP contribution in [0.5, 0.6) is 0 Å². The fourth-order valence-electron chi connectivity index (χ4n) is 0.862. The molecule has 0 radical (unpaired) electrons. The Kier molecular flexibility index (Phi) is 4.13. The lowest BCUT2D eigenvalue weighted by Gasteiger charge is -2.12. The maximum atomic E-state index is 5.57. The molecule has 0 unspecified atom stereocenters. The molecular weight excluding hydrogens is 218 g/mol. The molecule has 0 aliphatic rings. The molecule has 0 saturated carbocycles. The van der Waals surface area contributed by atoms with Crippen molar-refractivity contribution < 1.29 is 0 Å². The fourth-order valence-corrected chi connectivity index (χ4v) is 1.78. The van der Waals surface area contributed by atoms with Crippen LogP contribution in [0.2, 0.25) is 0 Å². The van der Waals surface area contributed by atoms with E-state index in [0.717, 1.165) is 23.9 Å². The summed E-state index contributed by atoms with van der Waals surface area (Å²) in [6.45, 7) is 7.19. The molecule has 1 heterocycles. The first kappa shape index (κ1) is 11.7. The van der Waals surface area contributed by atoms with Gasteiger partial charge in [0.15, 0.2) is 0 Å². The van der Waals surface area contributed by atoms with Crippen molar-refractivity contribution in [3.05, 3.63) is 5.82 Å². The van der Waals surface area contributed by atoms with Crippen LogP contribution in [0, 0.1) is 0 Å². The summed E-state index contributed by atoms with van der Waals surface area (Å²) < 4.78 is 4.30. The van der Waals surface area contributed by atoms with Gasteiger partial charge in [-0.2, -0.15) is 4.37 Å². The van der Waals surface area contributed by atoms with E-state index < -0.39 is 0 Å². The summed E-state index contributed by atoms with van der Waals surface area (Å²) in [5.74, 6) is 1.58. The van der Waals surface area contributed by atoms with Gasteiger partial charge in [0.25, 0.3) is 0 Å². The van der Waals surface area contributed by atoms with E-state index >= 15 is 0 Å². The maximum absolute atomic E-state index is 5.57. The predicted molar refractivity (Wildman–Crippen MR) is 62.4 cm³/mol. The van der Waals surface area contributed by atoms with E-state index in [1.54, 1.807) is 0 Å². The lowest BCUT2D eigenvalue weighted by Crippen LogP contribution is -2.13. The lowest BCUT2D eigenvalue weighted by atomic mass is 9.96. The Morgan fingerprint density at radius 2 is 2.14 bits per heavy atom. The Balaban J connectivity index is 2.51.